The highest BCUT2D eigenvalue weighted by atomic mass is 16.5. The molecule has 0 aromatic rings. The summed E-state index contributed by atoms with van der Waals surface area (Å²) in [6.45, 7) is 1.76. The standard InChI is InChI=1S/C5H9N3O/c6-4-8-1-2-9-5(7)3-8/h5H,1-3,7H2. The first-order valence-corrected chi connectivity index (χ1v) is 2.85. The van der Waals surface area contributed by atoms with Crippen molar-refractivity contribution in [1.29, 1.82) is 5.26 Å². The van der Waals surface area contributed by atoms with Gasteiger partial charge in [-0.1, -0.05) is 0 Å². The third-order valence-electron chi connectivity index (χ3n) is 1.23. The quantitative estimate of drug-likeness (QED) is 0.428. The zero-order valence-corrected chi connectivity index (χ0v) is 5.08. The molecule has 4 heteroatoms. The highest BCUT2D eigenvalue weighted by molar-refractivity contribution is 4.77. The topological polar surface area (TPSA) is 62.3 Å². The van der Waals surface area contributed by atoms with E-state index in [9.17, 15) is 0 Å². The van der Waals surface area contributed by atoms with Crippen LogP contribution in [0.5, 0.6) is 0 Å². The average molecular weight is 127 g/mol. The zero-order chi connectivity index (χ0) is 6.69. The van der Waals surface area contributed by atoms with Gasteiger partial charge >= 0.3 is 0 Å². The first-order chi connectivity index (χ1) is 4.33. The Hall–Kier alpha value is -0.790. The molecule has 1 aliphatic heterocycles. The molecule has 1 unspecified atom stereocenters. The van der Waals surface area contributed by atoms with Gasteiger partial charge in [0.05, 0.1) is 19.7 Å². The fraction of sp³-hybridized carbons (Fsp3) is 0.800. The van der Waals surface area contributed by atoms with Crippen LogP contribution in [0, 0.1) is 11.5 Å². The Balaban J connectivity index is 2.34. The number of nitrogens with two attached hydrogens (primary N) is 1. The van der Waals surface area contributed by atoms with Gasteiger partial charge in [0.2, 0.25) is 0 Å². The Bertz CT molecular complexity index is 131. The van der Waals surface area contributed by atoms with Crippen LogP contribution in [0.4, 0.5) is 0 Å². The molecule has 9 heavy (non-hydrogen) atoms. The fourth-order valence-electron chi connectivity index (χ4n) is 0.766. The average Bonchev–Trinajstić information content (AvgIpc) is 1.88. The lowest BCUT2D eigenvalue weighted by molar-refractivity contribution is -0.00552. The maximum Gasteiger partial charge on any atom is 0.179 e. The number of hydrogen-bond acceptors (Lipinski definition) is 4. The van der Waals surface area contributed by atoms with Crippen molar-refractivity contribution in [1.82, 2.24) is 4.90 Å². The van der Waals surface area contributed by atoms with Gasteiger partial charge in [-0.2, -0.15) is 5.26 Å². The van der Waals surface area contributed by atoms with Crippen LogP contribution < -0.4 is 5.73 Å². The Morgan fingerprint density at radius 1 is 1.78 bits per heavy atom. The van der Waals surface area contributed by atoms with Gasteiger partial charge < -0.3 is 15.4 Å². The third kappa shape index (κ3) is 1.56. The molecule has 4 nitrogen and oxygen atoms in total. The van der Waals surface area contributed by atoms with Gasteiger partial charge in [-0.3, -0.25) is 0 Å². The maximum atomic E-state index is 8.37. The molecule has 50 valence electrons. The second-order valence-electron chi connectivity index (χ2n) is 1.96. The molecule has 1 fully saturated rings. The highest BCUT2D eigenvalue weighted by Crippen LogP contribution is 1.97. The van der Waals surface area contributed by atoms with Crippen LogP contribution >= 0.6 is 0 Å². The van der Waals surface area contributed by atoms with Crippen molar-refractivity contribution in [3.63, 3.8) is 0 Å². The smallest absolute Gasteiger partial charge is 0.179 e. The van der Waals surface area contributed by atoms with Gasteiger partial charge in [0.1, 0.15) is 6.23 Å². The molecule has 0 saturated carbocycles. The summed E-state index contributed by atoms with van der Waals surface area (Å²) in [5, 5.41) is 8.37. The van der Waals surface area contributed by atoms with Crippen molar-refractivity contribution in [2.45, 2.75) is 6.23 Å². The van der Waals surface area contributed by atoms with Gasteiger partial charge in [0, 0.05) is 0 Å². The van der Waals surface area contributed by atoms with Crippen LogP contribution in [0.1, 0.15) is 0 Å². The van der Waals surface area contributed by atoms with Gasteiger partial charge in [-0.25, -0.2) is 0 Å². The monoisotopic (exact) mass is 127 g/mol. The van der Waals surface area contributed by atoms with E-state index in [0.717, 1.165) is 0 Å². The Morgan fingerprint density at radius 3 is 3.00 bits per heavy atom. The molecule has 2 N–H and O–H groups in total. The van der Waals surface area contributed by atoms with E-state index >= 15 is 0 Å². The van der Waals surface area contributed by atoms with Crippen molar-refractivity contribution < 1.29 is 4.74 Å². The van der Waals surface area contributed by atoms with Crippen molar-refractivity contribution in [2.24, 2.45) is 5.73 Å². The molecule has 1 saturated heterocycles. The first kappa shape index (κ1) is 6.33. The van der Waals surface area contributed by atoms with Crippen molar-refractivity contribution in [3.8, 4) is 6.19 Å². The van der Waals surface area contributed by atoms with Gasteiger partial charge in [0.15, 0.2) is 6.19 Å². The van der Waals surface area contributed by atoms with Crippen LogP contribution in [-0.4, -0.2) is 30.8 Å². The molecule has 1 heterocycles. The van der Waals surface area contributed by atoms with E-state index in [-0.39, 0.29) is 6.23 Å². The maximum absolute atomic E-state index is 8.37. The summed E-state index contributed by atoms with van der Waals surface area (Å²) in [5.74, 6) is 0. The Morgan fingerprint density at radius 2 is 2.56 bits per heavy atom. The molecule has 1 aliphatic rings. The van der Waals surface area contributed by atoms with E-state index in [1.807, 2.05) is 6.19 Å². The molecule has 1 rings (SSSR count). The number of nitriles is 1. The van der Waals surface area contributed by atoms with E-state index in [4.69, 9.17) is 15.7 Å². The first-order valence-electron chi connectivity index (χ1n) is 2.85. The van der Waals surface area contributed by atoms with E-state index in [2.05, 4.69) is 0 Å². The molecule has 1 atom stereocenters. The molecule has 0 aromatic heterocycles. The number of ether oxygens (including phenoxy) is 1. The number of rotatable bonds is 0. The summed E-state index contributed by atoms with van der Waals surface area (Å²) < 4.78 is 4.99. The number of nitrogens with zero attached hydrogens (tertiary/aromatic N) is 2. The van der Waals surface area contributed by atoms with Crippen LogP contribution in [0.25, 0.3) is 0 Å². The lowest BCUT2D eigenvalue weighted by Gasteiger charge is -2.25. The second-order valence-corrected chi connectivity index (χ2v) is 1.96. The largest absolute Gasteiger partial charge is 0.360 e. The third-order valence-corrected chi connectivity index (χ3v) is 1.23. The summed E-state index contributed by atoms with van der Waals surface area (Å²) in [4.78, 5) is 1.59. The summed E-state index contributed by atoms with van der Waals surface area (Å²) in [5.41, 5.74) is 5.39. The van der Waals surface area contributed by atoms with Crippen molar-refractivity contribution in [3.05, 3.63) is 0 Å². The molecular formula is C5H9N3O. The normalized spacial score (nSPS) is 27.6. The summed E-state index contributed by atoms with van der Waals surface area (Å²) in [6, 6.07) is 0. The van der Waals surface area contributed by atoms with E-state index in [1.54, 1.807) is 4.90 Å². The molecule has 0 spiro atoms. The van der Waals surface area contributed by atoms with E-state index in [1.165, 1.54) is 0 Å². The zero-order valence-electron chi connectivity index (χ0n) is 5.08. The highest BCUT2D eigenvalue weighted by Gasteiger charge is 2.14. The Kier molecular flexibility index (Phi) is 1.88. The fourth-order valence-corrected chi connectivity index (χ4v) is 0.766. The minimum absolute atomic E-state index is 0.279. The number of morpholine rings is 1. The predicted octanol–water partition coefficient (Wildman–Crippen LogP) is -0.916. The van der Waals surface area contributed by atoms with Crippen LogP contribution in [0.2, 0.25) is 0 Å². The summed E-state index contributed by atoms with van der Waals surface area (Å²) in [6.07, 6.45) is 1.73. The summed E-state index contributed by atoms with van der Waals surface area (Å²) in [7, 11) is 0. The van der Waals surface area contributed by atoms with E-state index < -0.39 is 0 Å². The second kappa shape index (κ2) is 2.67. The minimum atomic E-state index is -0.279. The molecule has 0 bridgehead atoms. The van der Waals surface area contributed by atoms with Crippen LogP contribution in [0.15, 0.2) is 0 Å². The molecule has 0 radical (unpaired) electrons. The SMILES string of the molecule is N#CN1CCOC(N)C1. The minimum Gasteiger partial charge on any atom is -0.360 e. The van der Waals surface area contributed by atoms with Gasteiger partial charge in [-0.05, 0) is 0 Å². The van der Waals surface area contributed by atoms with Crippen LogP contribution in [-0.2, 0) is 4.74 Å². The van der Waals surface area contributed by atoms with Gasteiger partial charge in [0.25, 0.3) is 0 Å². The van der Waals surface area contributed by atoms with Gasteiger partial charge in [-0.15, -0.1) is 0 Å². The van der Waals surface area contributed by atoms with Crippen LogP contribution in [0.3, 0.4) is 0 Å². The Labute approximate surface area is 53.8 Å². The van der Waals surface area contributed by atoms with Crippen molar-refractivity contribution >= 4 is 0 Å². The molecular weight excluding hydrogens is 118 g/mol. The van der Waals surface area contributed by atoms with Crippen molar-refractivity contribution in [2.75, 3.05) is 19.7 Å². The lowest BCUT2D eigenvalue weighted by atomic mass is 10.4. The predicted molar refractivity (Wildman–Crippen MR) is 31.1 cm³/mol. The van der Waals surface area contributed by atoms with E-state index in [0.29, 0.717) is 19.7 Å². The molecule has 0 amide bonds. The molecule has 0 aliphatic carbocycles. The molecule has 0 aromatic carbocycles. The lowest BCUT2D eigenvalue weighted by Crippen LogP contribution is -2.44. The summed E-state index contributed by atoms with van der Waals surface area (Å²) >= 11 is 0. The number of hydrogen-bond donors (Lipinski definition) is 1.